The van der Waals surface area contributed by atoms with Crippen molar-refractivity contribution in [3.05, 3.63) is 0 Å². The molecular weight excluding hydrogens is 330 g/mol. The second kappa shape index (κ2) is 9.83. The lowest BCUT2D eigenvalue weighted by atomic mass is 9.71. The van der Waals surface area contributed by atoms with Gasteiger partial charge in [0.25, 0.3) is 0 Å². The second-order valence-corrected chi connectivity index (χ2v) is 9.09. The van der Waals surface area contributed by atoms with Gasteiger partial charge in [0.2, 0.25) is 0 Å². The Kier molecular flexibility index (Phi) is 8.35. The zero-order valence-electron chi connectivity index (χ0n) is 17.9. The van der Waals surface area contributed by atoms with E-state index in [4.69, 9.17) is 18.9 Å². The summed E-state index contributed by atoms with van der Waals surface area (Å²) in [6.07, 6.45) is 6.68. The van der Waals surface area contributed by atoms with Gasteiger partial charge < -0.3 is 18.9 Å². The van der Waals surface area contributed by atoms with Gasteiger partial charge in [0.05, 0.1) is 12.7 Å². The third-order valence-corrected chi connectivity index (χ3v) is 6.13. The number of hydrogen-bond donors (Lipinski definition) is 0. The van der Waals surface area contributed by atoms with Crippen molar-refractivity contribution >= 4 is 0 Å². The molecule has 1 atom stereocenters. The van der Waals surface area contributed by atoms with E-state index >= 15 is 0 Å². The van der Waals surface area contributed by atoms with Crippen molar-refractivity contribution in [1.29, 1.82) is 0 Å². The Morgan fingerprint density at radius 2 is 1.77 bits per heavy atom. The molecule has 1 saturated carbocycles. The van der Waals surface area contributed by atoms with Crippen LogP contribution < -0.4 is 0 Å². The molecule has 0 radical (unpaired) electrons. The van der Waals surface area contributed by atoms with Crippen LogP contribution in [0.15, 0.2) is 0 Å². The highest BCUT2D eigenvalue weighted by atomic mass is 16.7. The zero-order chi connectivity index (χ0) is 19.2. The normalized spacial score (nSPS) is 30.0. The Morgan fingerprint density at radius 3 is 2.31 bits per heavy atom. The Hall–Kier alpha value is -0.200. The Morgan fingerprint density at radius 1 is 1.12 bits per heavy atom. The SMILES string of the molecule is CCCN(CCC1COC2(CCC(C(C)(C)C)CC2)O1)CC(OC)OC. The van der Waals surface area contributed by atoms with Gasteiger partial charge in [-0.05, 0) is 43.6 Å². The molecule has 0 amide bonds. The molecule has 0 bridgehead atoms. The third kappa shape index (κ3) is 6.16. The molecule has 1 heterocycles. The minimum atomic E-state index is -0.302. The van der Waals surface area contributed by atoms with E-state index in [1.54, 1.807) is 14.2 Å². The standard InChI is InChI=1S/C21H41NO4/c1-7-13-22(15-19(23-5)24-6)14-10-18-16-25-21(26-18)11-8-17(9-12-21)20(2,3)4/h17-19H,7-16H2,1-6H3. The zero-order valence-corrected chi connectivity index (χ0v) is 17.9. The van der Waals surface area contributed by atoms with Gasteiger partial charge in [-0.3, -0.25) is 4.90 Å². The number of methoxy groups -OCH3 is 2. The van der Waals surface area contributed by atoms with Crippen LogP contribution in [0.3, 0.4) is 0 Å². The quantitative estimate of drug-likeness (QED) is 0.572. The topological polar surface area (TPSA) is 40.2 Å². The first-order valence-corrected chi connectivity index (χ1v) is 10.4. The summed E-state index contributed by atoms with van der Waals surface area (Å²) in [7, 11) is 3.40. The largest absolute Gasteiger partial charge is 0.355 e. The molecule has 2 rings (SSSR count). The fourth-order valence-electron chi connectivity index (χ4n) is 4.34. The van der Waals surface area contributed by atoms with Crippen molar-refractivity contribution in [2.75, 3.05) is 40.5 Å². The van der Waals surface area contributed by atoms with Crippen LogP contribution in [0.5, 0.6) is 0 Å². The summed E-state index contributed by atoms with van der Waals surface area (Å²) in [5.74, 6) is 0.475. The van der Waals surface area contributed by atoms with Crippen molar-refractivity contribution < 1.29 is 18.9 Å². The molecular formula is C21H41NO4. The first kappa shape index (κ1) is 22.1. The lowest BCUT2D eigenvalue weighted by Gasteiger charge is -2.41. The van der Waals surface area contributed by atoms with Gasteiger partial charge in [-0.25, -0.2) is 0 Å². The number of ether oxygens (including phenoxy) is 4. The molecule has 0 N–H and O–H groups in total. The third-order valence-electron chi connectivity index (χ3n) is 6.13. The minimum absolute atomic E-state index is 0.165. The van der Waals surface area contributed by atoms with Crippen LogP contribution in [0.2, 0.25) is 0 Å². The van der Waals surface area contributed by atoms with Crippen LogP contribution in [0.4, 0.5) is 0 Å². The summed E-state index contributed by atoms with van der Waals surface area (Å²) in [5.41, 5.74) is 0.388. The summed E-state index contributed by atoms with van der Waals surface area (Å²) in [6, 6.07) is 0. The molecule has 26 heavy (non-hydrogen) atoms. The van der Waals surface area contributed by atoms with Crippen molar-refractivity contribution in [3.8, 4) is 0 Å². The predicted molar refractivity (Wildman–Crippen MR) is 104 cm³/mol. The lowest BCUT2D eigenvalue weighted by molar-refractivity contribution is -0.197. The van der Waals surface area contributed by atoms with E-state index in [0.717, 1.165) is 57.8 Å². The van der Waals surface area contributed by atoms with Gasteiger partial charge in [-0.2, -0.15) is 0 Å². The maximum Gasteiger partial charge on any atom is 0.169 e. The highest BCUT2D eigenvalue weighted by molar-refractivity contribution is 4.89. The van der Waals surface area contributed by atoms with Crippen LogP contribution in [-0.4, -0.2) is 63.5 Å². The van der Waals surface area contributed by atoms with Crippen molar-refractivity contribution in [1.82, 2.24) is 4.90 Å². The Bertz CT molecular complexity index is 397. The average molecular weight is 372 g/mol. The van der Waals surface area contributed by atoms with E-state index in [0.29, 0.717) is 5.41 Å². The van der Waals surface area contributed by atoms with Gasteiger partial charge in [0.15, 0.2) is 12.1 Å². The Balaban J connectivity index is 1.78. The van der Waals surface area contributed by atoms with Crippen LogP contribution in [0.25, 0.3) is 0 Å². The average Bonchev–Trinajstić information content (AvgIpc) is 2.99. The van der Waals surface area contributed by atoms with E-state index in [1.807, 2.05) is 0 Å². The smallest absolute Gasteiger partial charge is 0.169 e. The van der Waals surface area contributed by atoms with Crippen LogP contribution in [-0.2, 0) is 18.9 Å². The highest BCUT2D eigenvalue weighted by Gasteiger charge is 2.45. The predicted octanol–water partition coefficient (Wildman–Crippen LogP) is 4.06. The molecule has 154 valence electrons. The molecule has 5 heteroatoms. The van der Waals surface area contributed by atoms with Crippen LogP contribution >= 0.6 is 0 Å². The van der Waals surface area contributed by atoms with E-state index in [1.165, 1.54) is 12.8 Å². The molecule has 5 nitrogen and oxygen atoms in total. The minimum Gasteiger partial charge on any atom is -0.355 e. The number of rotatable bonds is 9. The molecule has 1 aliphatic heterocycles. The highest BCUT2D eigenvalue weighted by Crippen LogP contribution is 2.45. The van der Waals surface area contributed by atoms with Gasteiger partial charge in [-0.1, -0.05) is 27.7 Å². The molecule has 1 saturated heterocycles. The van der Waals surface area contributed by atoms with Gasteiger partial charge >= 0.3 is 0 Å². The first-order valence-electron chi connectivity index (χ1n) is 10.4. The van der Waals surface area contributed by atoms with E-state index < -0.39 is 0 Å². The molecule has 2 fully saturated rings. The molecule has 0 aromatic heterocycles. The van der Waals surface area contributed by atoms with Crippen molar-refractivity contribution in [2.24, 2.45) is 11.3 Å². The molecule has 1 spiro atoms. The summed E-state index contributed by atoms with van der Waals surface area (Å²) < 4.78 is 23.3. The van der Waals surface area contributed by atoms with E-state index in [2.05, 4.69) is 32.6 Å². The number of nitrogens with zero attached hydrogens (tertiary/aromatic N) is 1. The Labute approximate surface area is 160 Å². The molecule has 0 aromatic rings. The maximum absolute atomic E-state index is 6.43. The van der Waals surface area contributed by atoms with E-state index in [-0.39, 0.29) is 18.2 Å². The molecule has 0 aromatic carbocycles. The monoisotopic (exact) mass is 371 g/mol. The lowest BCUT2D eigenvalue weighted by Crippen LogP contribution is -2.39. The fourth-order valence-corrected chi connectivity index (χ4v) is 4.34. The summed E-state index contributed by atoms with van der Waals surface area (Å²) in [4.78, 5) is 2.41. The van der Waals surface area contributed by atoms with Gasteiger partial charge in [0.1, 0.15) is 0 Å². The van der Waals surface area contributed by atoms with Crippen molar-refractivity contribution in [2.45, 2.75) is 84.4 Å². The fraction of sp³-hybridized carbons (Fsp3) is 1.00. The summed E-state index contributed by atoms with van der Waals surface area (Å²) in [5, 5.41) is 0. The van der Waals surface area contributed by atoms with Gasteiger partial charge in [-0.15, -0.1) is 0 Å². The second-order valence-electron chi connectivity index (χ2n) is 9.09. The molecule has 1 aliphatic carbocycles. The van der Waals surface area contributed by atoms with Crippen LogP contribution in [0, 0.1) is 11.3 Å². The summed E-state index contributed by atoms with van der Waals surface area (Å²) in [6.45, 7) is 12.8. The molecule has 2 aliphatic rings. The maximum atomic E-state index is 6.43. The summed E-state index contributed by atoms with van der Waals surface area (Å²) >= 11 is 0. The van der Waals surface area contributed by atoms with Gasteiger partial charge in [0, 0.05) is 40.2 Å². The van der Waals surface area contributed by atoms with Crippen molar-refractivity contribution in [3.63, 3.8) is 0 Å². The van der Waals surface area contributed by atoms with Crippen LogP contribution in [0.1, 0.15) is 66.2 Å². The molecule has 1 unspecified atom stereocenters. The van der Waals surface area contributed by atoms with E-state index in [9.17, 15) is 0 Å². The number of hydrogen-bond acceptors (Lipinski definition) is 5. The first-order chi connectivity index (χ1) is 12.3.